The van der Waals surface area contributed by atoms with Gasteiger partial charge in [0.05, 0.1) is 5.56 Å². The molecule has 0 saturated heterocycles. The minimum Gasteiger partial charge on any atom is -0.467 e. The Morgan fingerprint density at radius 1 is 0.328 bits per heavy atom. The van der Waals surface area contributed by atoms with E-state index in [4.69, 9.17) is 9.15 Å². The largest absolute Gasteiger partial charge is 0.467 e. The molecule has 14 rings (SSSR count). The summed E-state index contributed by atoms with van der Waals surface area (Å²) in [6.07, 6.45) is 26.5. The number of pyridine rings is 1. The Balaban J connectivity index is -0.000000681. The third-order valence-corrected chi connectivity index (χ3v) is 21.8. The van der Waals surface area contributed by atoms with E-state index < -0.39 is 0 Å². The fourth-order valence-corrected chi connectivity index (χ4v) is 13.4. The molecule has 0 bridgehead atoms. The van der Waals surface area contributed by atoms with Crippen LogP contribution >= 0.6 is 11.3 Å². The van der Waals surface area contributed by atoms with Crippen LogP contribution in [0.25, 0.3) is 11.1 Å². The van der Waals surface area contributed by atoms with E-state index in [9.17, 15) is 4.79 Å². The lowest BCUT2D eigenvalue weighted by molar-refractivity contribution is 0.0734. The third kappa shape index (κ3) is 61.4. The van der Waals surface area contributed by atoms with Gasteiger partial charge in [0.1, 0.15) is 23.1 Å². The molecule has 0 aliphatic heterocycles. The molecule has 0 unspecified atom stereocenters. The standard InChI is InChI=1S/C17H16.C16H16O2.C15H22.C15H16.C9H18.C9H12.C8H11N.C7H10N2.C6H8O.C6H8S.8C2H6/c1-3-15-8-10-17(11-9-15)13-12-16-6-4-14(2)5-7-16;1-3-13-6-10-15(11-7-13)18-16(17)14-8-4-12(2)5-9-14;2*1-3-13-6-10-15(11-7-13)14-8-4-12(2)5-9-14;2*1-3-9-6-4-8(2)5-7-9;1-3-8-5-4-7(2)9-6-8;1-3-7-4-8-6(2)9-5-7;2*1-5-3-4-6(2)7-5;8*1-2/h4-11H,3H2,1-2H3;4-11H,3H2,1-2H3;4-5,8-9,13,15H,3,6-7,10-11H2,1-2H3;4-11H,3H2,1-2H3;8-9H,3-7H2,1-2H3;4-7H,3H2,1-2H3;4-6H,3H2,1-2H3;4-5H,3H2,1-2H3;2*3-4H,1-2H3;8*1-2H3. The molecule has 4 aromatic heterocycles. The number of aryl methyl sites for hydroxylation is 17. The first-order valence-electron chi connectivity index (χ1n) is 50.5. The van der Waals surface area contributed by atoms with Gasteiger partial charge in [-0.15, -0.1) is 11.3 Å². The number of hydrogen-bond acceptors (Lipinski definition) is 7. The number of benzene rings is 8. The molecule has 2 aliphatic rings. The van der Waals surface area contributed by atoms with Gasteiger partial charge in [-0.2, -0.15) is 0 Å². The molecule has 0 N–H and O–H groups in total. The van der Waals surface area contributed by atoms with Crippen molar-refractivity contribution in [1.29, 1.82) is 0 Å². The number of carbonyl (C=O) groups is 1. The third-order valence-electron chi connectivity index (χ3n) is 20.9. The summed E-state index contributed by atoms with van der Waals surface area (Å²) < 4.78 is 10.4. The maximum Gasteiger partial charge on any atom is 0.343 e. The maximum absolute atomic E-state index is 11.9. The molecular weight excluding hydrogens is 1610 g/mol. The zero-order chi connectivity index (χ0) is 99.7. The summed E-state index contributed by atoms with van der Waals surface area (Å²) >= 11 is 1.84. The summed E-state index contributed by atoms with van der Waals surface area (Å²) in [7, 11) is 0. The van der Waals surface area contributed by atoms with Gasteiger partial charge in [0, 0.05) is 45.2 Å². The summed E-state index contributed by atoms with van der Waals surface area (Å²) in [5.74, 6) is 13.4. The fraction of sp³-hybridized carbons (Fsp3) is 0.452. The van der Waals surface area contributed by atoms with E-state index in [1.165, 1.54) is 141 Å². The first kappa shape index (κ1) is 127. The van der Waals surface area contributed by atoms with Gasteiger partial charge in [-0.25, -0.2) is 14.8 Å². The van der Waals surface area contributed by atoms with Crippen LogP contribution in [0.3, 0.4) is 0 Å². The maximum atomic E-state index is 11.9. The van der Waals surface area contributed by atoms with Crippen LogP contribution in [0.2, 0.25) is 0 Å². The Kier molecular flexibility index (Phi) is 81.9. The van der Waals surface area contributed by atoms with E-state index in [0.29, 0.717) is 11.3 Å². The van der Waals surface area contributed by atoms with Crippen molar-refractivity contribution in [3.63, 3.8) is 0 Å². The second kappa shape index (κ2) is 84.3. The van der Waals surface area contributed by atoms with Gasteiger partial charge in [0.15, 0.2) is 0 Å². The number of carbonyl (C=O) groups excluding carboxylic acids is 1. The van der Waals surface area contributed by atoms with Crippen LogP contribution in [0.4, 0.5) is 0 Å². The van der Waals surface area contributed by atoms with Crippen molar-refractivity contribution in [3.05, 3.63) is 365 Å². The van der Waals surface area contributed by atoms with Gasteiger partial charge in [0.25, 0.3) is 0 Å². The summed E-state index contributed by atoms with van der Waals surface area (Å²) in [6.45, 7) is 74.3. The molecule has 2 aliphatic carbocycles. The topological polar surface area (TPSA) is 78.1 Å². The molecule has 0 amide bonds. The second-order valence-corrected chi connectivity index (χ2v) is 32.2. The van der Waals surface area contributed by atoms with E-state index in [-0.39, 0.29) is 5.97 Å². The quantitative estimate of drug-likeness (QED) is 0.0689. The molecule has 0 spiro atoms. The van der Waals surface area contributed by atoms with Crippen molar-refractivity contribution < 1.29 is 13.9 Å². The van der Waals surface area contributed by atoms with Gasteiger partial charge in [0.2, 0.25) is 0 Å². The molecule has 0 radical (unpaired) electrons. The minimum absolute atomic E-state index is 0.320. The summed E-state index contributed by atoms with van der Waals surface area (Å²) in [6, 6.07) is 79.3. The van der Waals surface area contributed by atoms with Crippen LogP contribution in [0.5, 0.6) is 5.75 Å². The number of ether oxygens (including phenoxy) is 1. The SMILES string of the molecule is CC.CC.CC.CC.CC.CC.CC.CC.CCC1CCC(C)CC1.CCC1CCC(c2ccc(C)cc2)CC1.CCc1ccc(-c2ccc(C)cc2)cc1.CCc1ccc(C#Cc2ccc(C)cc2)cc1.CCc1ccc(C)cc1.CCc1ccc(C)nc1.CCc1ccc(OC(=O)c2ccc(C)cc2)cc1.CCc1cnc(C)nc1.Cc1ccc(C)o1.Cc1ccc(C)s1. The summed E-state index contributed by atoms with van der Waals surface area (Å²) in [4.78, 5) is 26.9. The molecule has 2 fully saturated rings. The van der Waals surface area contributed by atoms with Crippen LogP contribution in [0.1, 0.15) is 364 Å². The number of esters is 1. The highest BCUT2D eigenvalue weighted by Gasteiger charge is 2.21. The number of furan rings is 1. The predicted octanol–water partition coefficient (Wildman–Crippen LogP) is 38.2. The first-order chi connectivity index (χ1) is 63.4. The molecule has 4 heterocycles. The number of hydrogen-bond donors (Lipinski definition) is 0. The minimum atomic E-state index is -0.320. The average Bonchev–Trinajstić information content (AvgIpc) is 1.27. The molecule has 12 aromatic rings. The van der Waals surface area contributed by atoms with Gasteiger partial charge in [-0.05, 0) is 293 Å². The molecule has 6 nitrogen and oxygen atoms in total. The highest BCUT2D eigenvalue weighted by atomic mass is 32.1. The zero-order valence-electron chi connectivity index (χ0n) is 89.8. The fourth-order valence-electron chi connectivity index (χ4n) is 12.7. The number of aromatic nitrogens is 3. The molecule has 7 heteroatoms. The smallest absolute Gasteiger partial charge is 0.343 e. The zero-order valence-corrected chi connectivity index (χ0v) is 90.6. The van der Waals surface area contributed by atoms with Crippen LogP contribution in [-0.4, -0.2) is 20.9 Å². The number of rotatable bonds is 12. The average molecular weight is 1800 g/mol. The molecular formula is C124H185N3O3S. The lowest BCUT2D eigenvalue weighted by Crippen LogP contribution is -2.12. The monoisotopic (exact) mass is 1800 g/mol. The predicted molar refractivity (Wildman–Crippen MR) is 586 cm³/mol. The highest BCUT2D eigenvalue weighted by molar-refractivity contribution is 7.11. The van der Waals surface area contributed by atoms with Crippen molar-refractivity contribution in [2.45, 2.75) is 358 Å². The molecule has 8 aromatic carbocycles. The Labute approximate surface area is 810 Å². The molecule has 131 heavy (non-hydrogen) atoms. The van der Waals surface area contributed by atoms with Gasteiger partial charge in [-0.3, -0.25) is 4.98 Å². The second-order valence-electron chi connectivity index (χ2n) is 30.7. The summed E-state index contributed by atoms with van der Waals surface area (Å²) in [5, 5.41) is 0. The van der Waals surface area contributed by atoms with Crippen molar-refractivity contribution in [2.75, 3.05) is 0 Å². The Morgan fingerprint density at radius 3 is 0.954 bits per heavy atom. The Morgan fingerprint density at radius 2 is 0.626 bits per heavy atom. The lowest BCUT2D eigenvalue weighted by atomic mass is 9.78. The first-order valence-corrected chi connectivity index (χ1v) is 51.3. The Hall–Kier alpha value is -10.0. The number of nitrogens with zero attached hydrogens (tertiary/aromatic N) is 3. The lowest BCUT2D eigenvalue weighted by Gasteiger charge is -2.28. The van der Waals surface area contributed by atoms with E-state index in [1.54, 1.807) is 17.7 Å². The summed E-state index contributed by atoms with van der Waals surface area (Å²) in [5.41, 5.74) is 22.3. The van der Waals surface area contributed by atoms with Crippen molar-refractivity contribution in [3.8, 4) is 28.7 Å². The molecule has 2 saturated carbocycles. The van der Waals surface area contributed by atoms with Crippen LogP contribution in [0, 0.1) is 106 Å². The van der Waals surface area contributed by atoms with E-state index in [1.807, 2.05) is 230 Å². The Bertz CT molecular complexity index is 4410. The van der Waals surface area contributed by atoms with Crippen molar-refractivity contribution >= 4 is 17.3 Å². The normalized spacial score (nSPS) is 12.7. The number of thiophene rings is 1. The van der Waals surface area contributed by atoms with Crippen LogP contribution in [-0.2, 0) is 38.5 Å². The van der Waals surface area contributed by atoms with E-state index >= 15 is 0 Å². The van der Waals surface area contributed by atoms with Gasteiger partial charge in [-0.1, -0.05) is 403 Å². The van der Waals surface area contributed by atoms with E-state index in [0.717, 1.165) is 102 Å². The van der Waals surface area contributed by atoms with Gasteiger partial charge >= 0.3 is 5.97 Å². The van der Waals surface area contributed by atoms with Crippen LogP contribution < -0.4 is 4.74 Å². The van der Waals surface area contributed by atoms with Crippen molar-refractivity contribution in [1.82, 2.24) is 15.0 Å². The molecule has 720 valence electrons. The van der Waals surface area contributed by atoms with E-state index in [2.05, 4.69) is 294 Å². The van der Waals surface area contributed by atoms with Crippen LogP contribution in [0.15, 0.2) is 254 Å². The van der Waals surface area contributed by atoms with Gasteiger partial charge < -0.3 is 9.15 Å². The highest BCUT2D eigenvalue weighted by Crippen LogP contribution is 2.37. The molecule has 0 atom stereocenters. The van der Waals surface area contributed by atoms with Crippen molar-refractivity contribution in [2.24, 2.45) is 17.8 Å².